The van der Waals surface area contributed by atoms with Gasteiger partial charge >= 0.3 is 0 Å². The van der Waals surface area contributed by atoms with Crippen LogP contribution in [0.5, 0.6) is 0 Å². The van der Waals surface area contributed by atoms with Crippen molar-refractivity contribution in [1.82, 2.24) is 9.88 Å². The number of hydrogen-bond donors (Lipinski definition) is 1. The van der Waals surface area contributed by atoms with E-state index in [9.17, 15) is 9.90 Å². The minimum absolute atomic E-state index is 0.0238. The second kappa shape index (κ2) is 8.13. The van der Waals surface area contributed by atoms with Gasteiger partial charge in [-0.05, 0) is 44.2 Å². The van der Waals surface area contributed by atoms with Gasteiger partial charge in [0.15, 0.2) is 0 Å². The third kappa shape index (κ3) is 3.97. The van der Waals surface area contributed by atoms with Crippen molar-refractivity contribution in [3.63, 3.8) is 0 Å². The van der Waals surface area contributed by atoms with E-state index in [1.54, 1.807) is 6.20 Å². The number of carbonyl (C=O) groups excluding carboxylic acids is 1. The van der Waals surface area contributed by atoms with E-state index in [0.29, 0.717) is 12.1 Å². The summed E-state index contributed by atoms with van der Waals surface area (Å²) < 4.78 is 0. The first-order chi connectivity index (χ1) is 10.7. The Bertz CT molecular complexity index is 475. The van der Waals surface area contributed by atoms with Crippen LogP contribution in [-0.4, -0.2) is 53.7 Å². The third-order valence-electron chi connectivity index (χ3n) is 4.26. The van der Waals surface area contributed by atoms with E-state index in [0.717, 1.165) is 44.7 Å². The largest absolute Gasteiger partial charge is 0.396 e. The average Bonchev–Trinajstić information content (AvgIpc) is 2.59. The van der Waals surface area contributed by atoms with Crippen LogP contribution >= 0.6 is 0 Å². The van der Waals surface area contributed by atoms with Gasteiger partial charge in [0.2, 0.25) is 0 Å². The summed E-state index contributed by atoms with van der Waals surface area (Å²) in [6.45, 7) is 7.72. The Kier molecular flexibility index (Phi) is 6.19. The minimum Gasteiger partial charge on any atom is -0.396 e. The van der Waals surface area contributed by atoms with Crippen molar-refractivity contribution >= 4 is 11.7 Å². The predicted octanol–water partition coefficient (Wildman–Crippen LogP) is 2.16. The Balaban J connectivity index is 2.04. The molecule has 0 bridgehead atoms. The van der Waals surface area contributed by atoms with Crippen LogP contribution in [0.15, 0.2) is 18.3 Å². The van der Waals surface area contributed by atoms with Gasteiger partial charge in [-0.3, -0.25) is 4.79 Å². The minimum atomic E-state index is 0.0238. The summed E-state index contributed by atoms with van der Waals surface area (Å²) in [4.78, 5) is 21.0. The van der Waals surface area contributed by atoms with Crippen molar-refractivity contribution < 1.29 is 9.90 Å². The second-order valence-electron chi connectivity index (χ2n) is 5.93. The molecule has 1 aromatic rings. The first kappa shape index (κ1) is 16.7. The van der Waals surface area contributed by atoms with Gasteiger partial charge in [-0.2, -0.15) is 0 Å². The zero-order valence-electron chi connectivity index (χ0n) is 13.7. The molecule has 1 atom stereocenters. The van der Waals surface area contributed by atoms with Gasteiger partial charge in [-0.25, -0.2) is 4.98 Å². The van der Waals surface area contributed by atoms with Gasteiger partial charge in [-0.15, -0.1) is 0 Å². The maximum Gasteiger partial charge on any atom is 0.255 e. The SMILES string of the molecule is CCCN(CC)c1ccc(C(=O)N2CCCC(CO)C2)cn1. The van der Waals surface area contributed by atoms with Gasteiger partial charge in [-0.1, -0.05) is 6.92 Å². The van der Waals surface area contributed by atoms with E-state index in [2.05, 4.69) is 23.7 Å². The van der Waals surface area contributed by atoms with E-state index >= 15 is 0 Å². The van der Waals surface area contributed by atoms with E-state index in [4.69, 9.17) is 0 Å². The van der Waals surface area contributed by atoms with Crippen molar-refractivity contribution in [3.8, 4) is 0 Å². The third-order valence-corrected chi connectivity index (χ3v) is 4.26. The standard InChI is InChI=1S/C17H27N3O2/c1-3-9-19(4-2)16-8-7-15(11-18-16)17(22)20-10-5-6-14(12-20)13-21/h7-8,11,14,21H,3-6,9-10,12-13H2,1-2H3. The number of carbonyl (C=O) groups is 1. The molecule has 2 heterocycles. The summed E-state index contributed by atoms with van der Waals surface area (Å²) in [5.74, 6) is 1.16. The summed E-state index contributed by atoms with van der Waals surface area (Å²) in [7, 11) is 0. The second-order valence-corrected chi connectivity index (χ2v) is 5.93. The van der Waals surface area contributed by atoms with E-state index in [-0.39, 0.29) is 18.4 Å². The highest BCUT2D eigenvalue weighted by Gasteiger charge is 2.24. The van der Waals surface area contributed by atoms with Gasteiger partial charge in [0.1, 0.15) is 5.82 Å². The van der Waals surface area contributed by atoms with E-state index in [1.807, 2.05) is 17.0 Å². The molecule has 0 radical (unpaired) electrons. The fourth-order valence-corrected chi connectivity index (χ4v) is 2.99. The van der Waals surface area contributed by atoms with Crippen LogP contribution in [0.1, 0.15) is 43.5 Å². The van der Waals surface area contributed by atoms with Crippen molar-refractivity contribution in [3.05, 3.63) is 23.9 Å². The zero-order valence-corrected chi connectivity index (χ0v) is 13.7. The Hall–Kier alpha value is -1.62. The number of aromatic nitrogens is 1. The Labute approximate surface area is 132 Å². The first-order valence-corrected chi connectivity index (χ1v) is 8.30. The summed E-state index contributed by atoms with van der Waals surface area (Å²) in [6, 6.07) is 3.80. The van der Waals surface area contributed by atoms with Crippen molar-refractivity contribution in [2.45, 2.75) is 33.1 Å². The van der Waals surface area contributed by atoms with Crippen LogP contribution in [0, 0.1) is 5.92 Å². The molecule has 1 aromatic heterocycles. The highest BCUT2D eigenvalue weighted by molar-refractivity contribution is 5.94. The number of nitrogens with zero attached hydrogens (tertiary/aromatic N) is 3. The van der Waals surface area contributed by atoms with Crippen LogP contribution in [-0.2, 0) is 0 Å². The smallest absolute Gasteiger partial charge is 0.255 e. The quantitative estimate of drug-likeness (QED) is 0.875. The molecular formula is C17H27N3O2. The first-order valence-electron chi connectivity index (χ1n) is 8.30. The molecule has 22 heavy (non-hydrogen) atoms. The number of aliphatic hydroxyl groups is 1. The number of hydrogen-bond acceptors (Lipinski definition) is 4. The number of pyridine rings is 1. The maximum atomic E-state index is 12.5. The molecule has 5 nitrogen and oxygen atoms in total. The van der Waals surface area contributed by atoms with Gasteiger partial charge in [0.05, 0.1) is 5.56 Å². The summed E-state index contributed by atoms with van der Waals surface area (Å²) in [5, 5.41) is 9.28. The van der Waals surface area contributed by atoms with Crippen LogP contribution in [0.25, 0.3) is 0 Å². The average molecular weight is 305 g/mol. The fourth-order valence-electron chi connectivity index (χ4n) is 2.99. The molecule has 1 aliphatic heterocycles. The molecule has 1 fully saturated rings. The molecule has 0 aromatic carbocycles. The van der Waals surface area contributed by atoms with Crippen molar-refractivity contribution in [2.75, 3.05) is 37.7 Å². The van der Waals surface area contributed by atoms with Crippen molar-refractivity contribution in [1.29, 1.82) is 0 Å². The Morgan fingerprint density at radius 2 is 2.27 bits per heavy atom. The monoisotopic (exact) mass is 305 g/mol. The van der Waals surface area contributed by atoms with E-state index in [1.165, 1.54) is 0 Å². The highest BCUT2D eigenvalue weighted by atomic mass is 16.3. The fraction of sp³-hybridized carbons (Fsp3) is 0.647. The molecule has 0 spiro atoms. The molecule has 0 aliphatic carbocycles. The maximum absolute atomic E-state index is 12.5. The molecule has 1 unspecified atom stereocenters. The molecule has 2 rings (SSSR count). The van der Waals surface area contributed by atoms with Crippen LogP contribution in [0.3, 0.4) is 0 Å². The molecular weight excluding hydrogens is 278 g/mol. The zero-order chi connectivity index (χ0) is 15.9. The van der Waals surface area contributed by atoms with Crippen molar-refractivity contribution in [2.24, 2.45) is 5.92 Å². The number of piperidine rings is 1. The van der Waals surface area contributed by atoms with Crippen LogP contribution in [0.2, 0.25) is 0 Å². The molecule has 1 N–H and O–H groups in total. The van der Waals surface area contributed by atoms with Crippen LogP contribution in [0.4, 0.5) is 5.82 Å². The number of anilines is 1. The highest BCUT2D eigenvalue weighted by Crippen LogP contribution is 2.19. The molecule has 122 valence electrons. The number of likely N-dealkylation sites (tertiary alicyclic amines) is 1. The molecule has 1 saturated heterocycles. The molecule has 0 saturated carbocycles. The van der Waals surface area contributed by atoms with Gasteiger partial charge in [0.25, 0.3) is 5.91 Å². The lowest BCUT2D eigenvalue weighted by Crippen LogP contribution is -2.41. The lowest BCUT2D eigenvalue weighted by molar-refractivity contribution is 0.0620. The lowest BCUT2D eigenvalue weighted by atomic mass is 9.98. The topological polar surface area (TPSA) is 56.7 Å². The Morgan fingerprint density at radius 1 is 1.45 bits per heavy atom. The lowest BCUT2D eigenvalue weighted by Gasteiger charge is -2.32. The normalized spacial score (nSPS) is 18.3. The number of rotatable bonds is 6. The Morgan fingerprint density at radius 3 is 2.86 bits per heavy atom. The summed E-state index contributed by atoms with van der Waals surface area (Å²) >= 11 is 0. The molecule has 1 aliphatic rings. The van der Waals surface area contributed by atoms with Gasteiger partial charge < -0.3 is 14.9 Å². The van der Waals surface area contributed by atoms with E-state index < -0.39 is 0 Å². The predicted molar refractivity (Wildman–Crippen MR) is 88.1 cm³/mol. The summed E-state index contributed by atoms with van der Waals surface area (Å²) in [6.07, 6.45) is 4.72. The van der Waals surface area contributed by atoms with Crippen LogP contribution < -0.4 is 4.90 Å². The number of aliphatic hydroxyl groups excluding tert-OH is 1. The molecule has 5 heteroatoms. The molecule has 1 amide bonds. The summed E-state index contributed by atoms with van der Waals surface area (Å²) in [5.41, 5.74) is 0.634. The van der Waals surface area contributed by atoms with Gasteiger partial charge in [0, 0.05) is 39.0 Å². The number of amides is 1.